The molecular formula is C21H19ClO3S. The molecule has 3 rings (SSSR count). The van der Waals surface area contributed by atoms with E-state index in [1.807, 2.05) is 26.0 Å². The molecule has 0 bridgehead atoms. The maximum atomic E-state index is 12.9. The lowest BCUT2D eigenvalue weighted by Gasteiger charge is -2.10. The molecule has 0 fully saturated rings. The van der Waals surface area contributed by atoms with Crippen molar-refractivity contribution in [2.75, 3.05) is 14.2 Å². The predicted molar refractivity (Wildman–Crippen MR) is 107 cm³/mol. The number of carbonyl (C=O) groups is 1. The fourth-order valence-corrected chi connectivity index (χ4v) is 4.24. The quantitative estimate of drug-likeness (QED) is 0.509. The molecule has 3 aromatic rings. The van der Waals surface area contributed by atoms with Gasteiger partial charge < -0.3 is 9.47 Å². The topological polar surface area (TPSA) is 35.5 Å². The van der Waals surface area contributed by atoms with E-state index >= 15 is 0 Å². The summed E-state index contributed by atoms with van der Waals surface area (Å²) in [4.78, 5) is 14.5. The first kappa shape index (κ1) is 18.5. The third-order valence-electron chi connectivity index (χ3n) is 4.21. The van der Waals surface area contributed by atoms with Gasteiger partial charge in [-0.2, -0.15) is 0 Å². The Balaban J connectivity index is 1.97. The summed E-state index contributed by atoms with van der Waals surface area (Å²) in [7, 11) is 3.21. The Hall–Kier alpha value is -2.30. The number of hydrogen-bond acceptors (Lipinski definition) is 4. The molecule has 0 atom stereocenters. The van der Waals surface area contributed by atoms with Crippen LogP contribution in [0.3, 0.4) is 0 Å². The second-order valence-electron chi connectivity index (χ2n) is 5.96. The predicted octanol–water partition coefficient (Wildman–Crippen LogP) is 5.93. The van der Waals surface area contributed by atoms with Gasteiger partial charge in [-0.15, -0.1) is 11.3 Å². The van der Waals surface area contributed by atoms with Crippen molar-refractivity contribution in [3.63, 3.8) is 0 Å². The number of ketones is 1. The number of benzene rings is 2. The number of thiophene rings is 1. The molecule has 0 saturated heterocycles. The van der Waals surface area contributed by atoms with E-state index in [0.717, 1.165) is 27.3 Å². The maximum Gasteiger partial charge on any atom is 0.204 e. The Labute approximate surface area is 162 Å². The van der Waals surface area contributed by atoms with Gasteiger partial charge in [0.1, 0.15) is 11.5 Å². The summed E-state index contributed by atoms with van der Waals surface area (Å²) in [5.41, 5.74) is 3.65. The van der Waals surface area contributed by atoms with Gasteiger partial charge in [0.2, 0.25) is 5.78 Å². The number of methoxy groups -OCH3 is 2. The van der Waals surface area contributed by atoms with Gasteiger partial charge >= 0.3 is 0 Å². The summed E-state index contributed by atoms with van der Waals surface area (Å²) in [6, 6.07) is 13.2. The van der Waals surface area contributed by atoms with Gasteiger partial charge in [0.05, 0.1) is 24.1 Å². The minimum absolute atomic E-state index is 0.105. The first-order valence-corrected chi connectivity index (χ1v) is 9.28. The molecule has 0 aliphatic heterocycles. The van der Waals surface area contributed by atoms with Gasteiger partial charge in [0.25, 0.3) is 0 Å². The van der Waals surface area contributed by atoms with Crippen molar-refractivity contribution in [3.8, 4) is 21.9 Å². The lowest BCUT2D eigenvalue weighted by atomic mass is 10.0. The van der Waals surface area contributed by atoms with Gasteiger partial charge in [-0.3, -0.25) is 4.79 Å². The number of ether oxygens (including phenoxy) is 2. The van der Waals surface area contributed by atoms with E-state index in [1.165, 1.54) is 18.4 Å². The SMILES string of the molecule is COc1cccc(C(=O)c2ccc(-c3cc(C)c(OC)c(C)c3)s2)c1Cl. The minimum Gasteiger partial charge on any atom is -0.496 e. The van der Waals surface area contributed by atoms with Crippen LogP contribution in [0.2, 0.25) is 5.02 Å². The zero-order valence-corrected chi connectivity index (χ0v) is 16.6. The maximum absolute atomic E-state index is 12.9. The lowest BCUT2D eigenvalue weighted by Crippen LogP contribution is -2.00. The molecule has 26 heavy (non-hydrogen) atoms. The molecule has 3 nitrogen and oxygen atoms in total. The van der Waals surface area contributed by atoms with Crippen LogP contribution < -0.4 is 9.47 Å². The van der Waals surface area contributed by atoms with Crippen molar-refractivity contribution < 1.29 is 14.3 Å². The van der Waals surface area contributed by atoms with Crippen LogP contribution in [0.4, 0.5) is 0 Å². The summed E-state index contributed by atoms with van der Waals surface area (Å²) in [6.07, 6.45) is 0. The van der Waals surface area contributed by atoms with Gasteiger partial charge in [-0.1, -0.05) is 17.7 Å². The molecule has 0 aliphatic rings. The monoisotopic (exact) mass is 386 g/mol. The Bertz CT molecular complexity index is 952. The van der Waals surface area contributed by atoms with Gasteiger partial charge in [-0.25, -0.2) is 0 Å². The number of carbonyl (C=O) groups excluding carboxylic acids is 1. The molecule has 0 N–H and O–H groups in total. The molecule has 0 unspecified atom stereocenters. The van der Waals surface area contributed by atoms with Crippen LogP contribution in [-0.2, 0) is 0 Å². The summed E-state index contributed by atoms with van der Waals surface area (Å²) in [5, 5.41) is 0.339. The summed E-state index contributed by atoms with van der Waals surface area (Å²) in [6.45, 7) is 4.04. The van der Waals surface area contributed by atoms with E-state index in [0.29, 0.717) is 21.2 Å². The second-order valence-corrected chi connectivity index (χ2v) is 7.42. The van der Waals surface area contributed by atoms with E-state index in [1.54, 1.807) is 25.3 Å². The molecule has 134 valence electrons. The van der Waals surface area contributed by atoms with Crippen molar-refractivity contribution in [2.45, 2.75) is 13.8 Å². The molecule has 0 amide bonds. The third-order valence-corrected chi connectivity index (χ3v) is 5.73. The summed E-state index contributed by atoms with van der Waals surface area (Å²) >= 11 is 7.75. The van der Waals surface area contributed by atoms with E-state index in [-0.39, 0.29) is 5.78 Å². The minimum atomic E-state index is -0.105. The Morgan fingerprint density at radius 3 is 2.31 bits per heavy atom. The Morgan fingerprint density at radius 1 is 1.00 bits per heavy atom. The van der Waals surface area contributed by atoms with Crippen LogP contribution in [0.5, 0.6) is 11.5 Å². The van der Waals surface area contributed by atoms with Crippen LogP contribution in [0.25, 0.3) is 10.4 Å². The highest BCUT2D eigenvalue weighted by molar-refractivity contribution is 7.17. The fourth-order valence-electron chi connectivity index (χ4n) is 3.01. The lowest BCUT2D eigenvalue weighted by molar-refractivity contribution is 0.104. The number of rotatable bonds is 5. The number of halogens is 1. The molecule has 5 heteroatoms. The zero-order valence-electron chi connectivity index (χ0n) is 15.1. The van der Waals surface area contributed by atoms with Crippen molar-refractivity contribution in [1.29, 1.82) is 0 Å². The number of aryl methyl sites for hydroxylation is 2. The van der Waals surface area contributed by atoms with Gasteiger partial charge in [-0.05, 0) is 66.9 Å². The van der Waals surface area contributed by atoms with E-state index in [4.69, 9.17) is 21.1 Å². The van der Waals surface area contributed by atoms with Crippen molar-refractivity contribution in [3.05, 3.63) is 69.1 Å². The van der Waals surface area contributed by atoms with Crippen LogP contribution in [0.15, 0.2) is 42.5 Å². The van der Waals surface area contributed by atoms with Gasteiger partial charge in [0, 0.05) is 10.4 Å². The van der Waals surface area contributed by atoms with Crippen LogP contribution in [0.1, 0.15) is 26.4 Å². The molecule has 0 radical (unpaired) electrons. The van der Waals surface area contributed by atoms with Crippen molar-refractivity contribution in [1.82, 2.24) is 0 Å². The highest BCUT2D eigenvalue weighted by atomic mass is 35.5. The summed E-state index contributed by atoms with van der Waals surface area (Å²) in [5.74, 6) is 1.28. The van der Waals surface area contributed by atoms with Crippen molar-refractivity contribution in [2.24, 2.45) is 0 Å². The Morgan fingerprint density at radius 2 is 1.69 bits per heavy atom. The first-order chi connectivity index (χ1) is 12.5. The summed E-state index contributed by atoms with van der Waals surface area (Å²) < 4.78 is 10.6. The molecule has 0 spiro atoms. The van der Waals surface area contributed by atoms with Crippen molar-refractivity contribution >= 4 is 28.7 Å². The Kier molecular flexibility index (Phi) is 5.35. The number of hydrogen-bond donors (Lipinski definition) is 0. The highest BCUT2D eigenvalue weighted by Crippen LogP contribution is 2.36. The van der Waals surface area contributed by atoms with E-state index in [9.17, 15) is 4.79 Å². The largest absolute Gasteiger partial charge is 0.496 e. The van der Waals surface area contributed by atoms with Crippen LogP contribution in [0, 0.1) is 13.8 Å². The van der Waals surface area contributed by atoms with E-state index < -0.39 is 0 Å². The standard InChI is InChI=1S/C21H19ClO3S/c1-12-10-14(11-13(2)21(12)25-4)17-8-9-18(26-17)20(23)15-6-5-7-16(24-3)19(15)22/h5-11H,1-4H3. The average molecular weight is 387 g/mol. The molecule has 1 aromatic heterocycles. The second kappa shape index (κ2) is 7.52. The normalized spacial score (nSPS) is 10.7. The molecular weight excluding hydrogens is 368 g/mol. The smallest absolute Gasteiger partial charge is 0.204 e. The third kappa shape index (κ3) is 3.35. The van der Waals surface area contributed by atoms with Crippen LogP contribution in [-0.4, -0.2) is 20.0 Å². The van der Waals surface area contributed by atoms with Gasteiger partial charge in [0.15, 0.2) is 0 Å². The molecule has 0 aliphatic carbocycles. The average Bonchev–Trinajstić information content (AvgIpc) is 3.11. The highest BCUT2D eigenvalue weighted by Gasteiger charge is 2.18. The molecule has 1 heterocycles. The fraction of sp³-hybridized carbons (Fsp3) is 0.190. The zero-order chi connectivity index (χ0) is 18.8. The van der Waals surface area contributed by atoms with E-state index in [2.05, 4.69) is 12.1 Å². The van der Waals surface area contributed by atoms with Crippen LogP contribution >= 0.6 is 22.9 Å². The molecule has 0 saturated carbocycles. The molecule has 2 aromatic carbocycles. The first-order valence-electron chi connectivity index (χ1n) is 8.09.